The molecule has 28 heavy (non-hydrogen) atoms. The van der Waals surface area contributed by atoms with Crippen LogP contribution in [-0.4, -0.2) is 43.6 Å². The number of fused-ring (bicyclic) bond motifs is 2. The van der Waals surface area contributed by atoms with Gasteiger partial charge in [0.25, 0.3) is 0 Å². The Morgan fingerprint density at radius 1 is 1.11 bits per heavy atom. The summed E-state index contributed by atoms with van der Waals surface area (Å²) in [5.74, 6) is -0.190. The molecule has 0 bridgehead atoms. The molecule has 0 spiro atoms. The van der Waals surface area contributed by atoms with Gasteiger partial charge in [0.2, 0.25) is 15.9 Å². The molecule has 3 amide bonds. The molecule has 7 nitrogen and oxygen atoms in total. The summed E-state index contributed by atoms with van der Waals surface area (Å²) >= 11 is 0. The third kappa shape index (κ3) is 4.16. The molecule has 8 heteroatoms. The summed E-state index contributed by atoms with van der Waals surface area (Å²) < 4.78 is 27.3. The molecular formula is C20H29N3O4S. The number of amides is 3. The van der Waals surface area contributed by atoms with Crippen molar-refractivity contribution in [3.63, 3.8) is 0 Å². The summed E-state index contributed by atoms with van der Waals surface area (Å²) in [6.45, 7) is 5.16. The first-order chi connectivity index (χ1) is 13.2. The summed E-state index contributed by atoms with van der Waals surface area (Å²) in [5, 5.41) is 1.94. The second-order valence-electron chi connectivity index (χ2n) is 7.70. The number of carbonyl (C=O) groups is 2. The van der Waals surface area contributed by atoms with Gasteiger partial charge in [0.1, 0.15) is 0 Å². The number of carbonyl (C=O) groups excluding carboxylic acids is 2. The standard InChI is InChI=1S/C20H29N3O4S/c1-4-23(14(3)24)12-13(2)28(26,27)22-20(25)21-19-17-9-5-7-15(17)11-16-8-6-10-18(16)19/h11,13H,4-10,12H2,1-3H3,(H2,21,22,25). The highest BCUT2D eigenvalue weighted by Crippen LogP contribution is 2.38. The van der Waals surface area contributed by atoms with Crippen LogP contribution in [0.15, 0.2) is 6.07 Å². The largest absolute Gasteiger partial charge is 0.342 e. The zero-order chi connectivity index (χ0) is 20.5. The second kappa shape index (κ2) is 8.11. The Bertz CT molecular complexity index is 863. The first-order valence-corrected chi connectivity index (χ1v) is 11.5. The van der Waals surface area contributed by atoms with E-state index in [1.807, 2.05) is 0 Å². The lowest BCUT2D eigenvalue weighted by Crippen LogP contribution is -2.45. The Morgan fingerprint density at radius 2 is 1.68 bits per heavy atom. The first kappa shape index (κ1) is 20.6. The highest BCUT2D eigenvalue weighted by molar-refractivity contribution is 7.90. The summed E-state index contributed by atoms with van der Waals surface area (Å²) in [5.41, 5.74) is 5.64. The summed E-state index contributed by atoms with van der Waals surface area (Å²) in [6.07, 6.45) is 5.94. The van der Waals surface area contributed by atoms with Crippen molar-refractivity contribution in [2.45, 2.75) is 64.5 Å². The average Bonchev–Trinajstić information content (AvgIpc) is 3.27. The molecule has 1 unspecified atom stereocenters. The van der Waals surface area contributed by atoms with Gasteiger partial charge in [-0.15, -0.1) is 0 Å². The number of hydrogen-bond donors (Lipinski definition) is 2. The maximum atomic E-state index is 12.6. The van der Waals surface area contributed by atoms with E-state index in [0.29, 0.717) is 6.54 Å². The number of rotatable bonds is 6. The van der Waals surface area contributed by atoms with Crippen LogP contribution < -0.4 is 10.0 Å². The van der Waals surface area contributed by atoms with Gasteiger partial charge in [0.15, 0.2) is 0 Å². The monoisotopic (exact) mass is 407 g/mol. The van der Waals surface area contributed by atoms with Gasteiger partial charge in [0.05, 0.1) is 5.25 Å². The number of urea groups is 1. The SMILES string of the molecule is CCN(CC(C)S(=O)(=O)NC(=O)Nc1c2c(cc3c1CCC3)CCC2)C(C)=O. The Labute approximate surface area is 166 Å². The lowest BCUT2D eigenvalue weighted by atomic mass is 9.99. The van der Waals surface area contributed by atoms with Gasteiger partial charge in [-0.2, -0.15) is 0 Å². The van der Waals surface area contributed by atoms with Gasteiger partial charge in [-0.05, 0) is 74.6 Å². The summed E-state index contributed by atoms with van der Waals surface area (Å²) in [6, 6.07) is 1.53. The van der Waals surface area contributed by atoms with Gasteiger partial charge < -0.3 is 10.2 Å². The van der Waals surface area contributed by atoms with Crippen LogP contribution in [0.5, 0.6) is 0 Å². The van der Waals surface area contributed by atoms with Crippen molar-refractivity contribution in [2.24, 2.45) is 0 Å². The third-order valence-electron chi connectivity index (χ3n) is 5.78. The molecule has 0 aliphatic heterocycles. The van der Waals surface area contributed by atoms with Gasteiger partial charge in [-0.3, -0.25) is 4.79 Å². The number of aryl methyl sites for hydroxylation is 2. The lowest BCUT2D eigenvalue weighted by molar-refractivity contribution is -0.128. The number of benzene rings is 1. The minimum absolute atomic E-state index is 0.0462. The van der Waals surface area contributed by atoms with Crippen molar-refractivity contribution in [3.05, 3.63) is 28.3 Å². The van der Waals surface area contributed by atoms with Crippen molar-refractivity contribution in [1.29, 1.82) is 0 Å². The highest BCUT2D eigenvalue weighted by Gasteiger charge is 2.28. The molecule has 2 aliphatic carbocycles. The van der Waals surface area contributed by atoms with Gasteiger partial charge in [0, 0.05) is 25.7 Å². The normalized spacial score (nSPS) is 16.2. The van der Waals surface area contributed by atoms with E-state index in [2.05, 4.69) is 16.1 Å². The Hall–Kier alpha value is -2.09. The number of anilines is 1. The van der Waals surface area contributed by atoms with Crippen molar-refractivity contribution < 1.29 is 18.0 Å². The molecule has 0 radical (unpaired) electrons. The molecule has 1 atom stereocenters. The Kier molecular flexibility index (Phi) is 5.98. The van der Waals surface area contributed by atoms with E-state index >= 15 is 0 Å². The zero-order valence-electron chi connectivity index (χ0n) is 16.8. The maximum Gasteiger partial charge on any atom is 0.332 e. The molecule has 2 N–H and O–H groups in total. The summed E-state index contributed by atoms with van der Waals surface area (Å²) in [7, 11) is -3.90. The third-order valence-corrected chi connectivity index (χ3v) is 7.46. The quantitative estimate of drug-likeness (QED) is 0.757. The molecule has 0 fully saturated rings. The fraction of sp³-hybridized carbons (Fsp3) is 0.600. The van der Waals surface area contributed by atoms with Gasteiger partial charge in [-0.1, -0.05) is 6.07 Å². The highest BCUT2D eigenvalue weighted by atomic mass is 32.2. The smallest absolute Gasteiger partial charge is 0.332 e. The number of sulfonamides is 1. The molecule has 2 aliphatic rings. The molecule has 3 rings (SSSR count). The van der Waals surface area contributed by atoms with E-state index in [4.69, 9.17) is 0 Å². The molecule has 1 aromatic rings. The predicted octanol–water partition coefficient (Wildman–Crippen LogP) is 2.37. The van der Waals surface area contributed by atoms with E-state index in [9.17, 15) is 18.0 Å². The predicted molar refractivity (Wildman–Crippen MR) is 109 cm³/mol. The van der Waals surface area contributed by atoms with Crippen molar-refractivity contribution in [2.75, 3.05) is 18.4 Å². The molecule has 1 aromatic carbocycles. The Morgan fingerprint density at radius 3 is 2.18 bits per heavy atom. The molecule has 0 heterocycles. The van der Waals surface area contributed by atoms with Crippen LogP contribution in [-0.2, 0) is 40.5 Å². The molecule has 0 saturated carbocycles. The van der Waals surface area contributed by atoms with Gasteiger partial charge in [-0.25, -0.2) is 17.9 Å². The van der Waals surface area contributed by atoms with Crippen LogP contribution in [0.3, 0.4) is 0 Å². The molecule has 154 valence electrons. The van der Waals surface area contributed by atoms with Crippen LogP contribution in [0.1, 0.15) is 55.9 Å². The van der Waals surface area contributed by atoms with Crippen molar-refractivity contribution >= 4 is 27.6 Å². The van der Waals surface area contributed by atoms with E-state index in [1.54, 1.807) is 6.92 Å². The maximum absolute atomic E-state index is 12.6. The fourth-order valence-corrected chi connectivity index (χ4v) is 5.11. The van der Waals surface area contributed by atoms with Crippen LogP contribution >= 0.6 is 0 Å². The second-order valence-corrected chi connectivity index (χ2v) is 9.80. The topological polar surface area (TPSA) is 95.6 Å². The van der Waals surface area contributed by atoms with Crippen LogP contribution in [0.4, 0.5) is 10.5 Å². The number of hydrogen-bond acceptors (Lipinski definition) is 4. The van der Waals surface area contributed by atoms with E-state index in [-0.39, 0.29) is 12.5 Å². The van der Waals surface area contributed by atoms with Crippen LogP contribution in [0, 0.1) is 0 Å². The minimum atomic E-state index is -3.90. The number of nitrogens with one attached hydrogen (secondary N) is 2. The van der Waals surface area contributed by atoms with E-state index in [0.717, 1.165) is 55.3 Å². The fourth-order valence-electron chi connectivity index (χ4n) is 4.22. The van der Waals surface area contributed by atoms with Crippen molar-refractivity contribution in [1.82, 2.24) is 9.62 Å². The molecular weight excluding hydrogens is 378 g/mol. The van der Waals surface area contributed by atoms with Crippen molar-refractivity contribution in [3.8, 4) is 0 Å². The van der Waals surface area contributed by atoms with Crippen LogP contribution in [0.2, 0.25) is 0 Å². The Balaban J connectivity index is 1.73. The first-order valence-electron chi connectivity index (χ1n) is 9.97. The van der Waals surface area contributed by atoms with E-state index < -0.39 is 21.3 Å². The van der Waals surface area contributed by atoms with Crippen LogP contribution in [0.25, 0.3) is 0 Å². The van der Waals surface area contributed by atoms with E-state index in [1.165, 1.54) is 29.9 Å². The average molecular weight is 408 g/mol. The number of nitrogens with zero attached hydrogens (tertiary/aromatic N) is 1. The summed E-state index contributed by atoms with van der Waals surface area (Å²) in [4.78, 5) is 25.5. The molecule has 0 aromatic heterocycles. The minimum Gasteiger partial charge on any atom is -0.342 e. The molecule has 0 saturated heterocycles. The lowest BCUT2D eigenvalue weighted by Gasteiger charge is -2.23. The van der Waals surface area contributed by atoms with Gasteiger partial charge >= 0.3 is 6.03 Å². The zero-order valence-corrected chi connectivity index (χ0v) is 17.6.